The molecule has 2 aromatic rings. The van der Waals surface area contributed by atoms with Crippen molar-refractivity contribution in [3.05, 3.63) is 53.9 Å². The SMILES string of the molecule is O=C(NCCC#Cc1ccn[nH]1)OCc1ccccc1. The molecule has 5 heteroatoms. The number of ether oxygens (including phenoxy) is 1. The summed E-state index contributed by atoms with van der Waals surface area (Å²) in [4.78, 5) is 11.4. The molecule has 0 spiro atoms. The molecule has 0 radical (unpaired) electrons. The van der Waals surface area contributed by atoms with Crippen LogP contribution in [0.1, 0.15) is 17.7 Å². The van der Waals surface area contributed by atoms with E-state index in [-0.39, 0.29) is 6.61 Å². The van der Waals surface area contributed by atoms with Crippen LogP contribution in [0.3, 0.4) is 0 Å². The van der Waals surface area contributed by atoms with Crippen molar-refractivity contribution in [3.8, 4) is 11.8 Å². The number of aromatic amines is 1. The Kier molecular flexibility index (Phi) is 5.23. The summed E-state index contributed by atoms with van der Waals surface area (Å²) in [5.41, 5.74) is 1.72. The highest BCUT2D eigenvalue weighted by atomic mass is 16.5. The van der Waals surface area contributed by atoms with Crippen molar-refractivity contribution < 1.29 is 9.53 Å². The predicted molar refractivity (Wildman–Crippen MR) is 74.7 cm³/mol. The molecule has 20 heavy (non-hydrogen) atoms. The first-order chi connectivity index (χ1) is 9.84. The summed E-state index contributed by atoms with van der Waals surface area (Å²) >= 11 is 0. The molecular weight excluding hydrogens is 254 g/mol. The lowest BCUT2D eigenvalue weighted by molar-refractivity contribution is 0.140. The lowest BCUT2D eigenvalue weighted by Gasteiger charge is -2.05. The number of nitrogens with zero attached hydrogens (tertiary/aromatic N) is 1. The van der Waals surface area contributed by atoms with Crippen molar-refractivity contribution >= 4 is 6.09 Å². The molecule has 0 atom stereocenters. The van der Waals surface area contributed by atoms with Gasteiger partial charge in [0.2, 0.25) is 0 Å². The van der Waals surface area contributed by atoms with Crippen molar-refractivity contribution in [2.24, 2.45) is 0 Å². The van der Waals surface area contributed by atoms with Crippen LogP contribution in [0.5, 0.6) is 0 Å². The second-order valence-corrected chi connectivity index (χ2v) is 4.01. The first kappa shape index (κ1) is 13.7. The van der Waals surface area contributed by atoms with Gasteiger partial charge in [0.25, 0.3) is 0 Å². The van der Waals surface area contributed by atoms with E-state index in [0.717, 1.165) is 11.3 Å². The zero-order chi connectivity index (χ0) is 14.0. The Hall–Kier alpha value is -2.74. The number of amides is 1. The van der Waals surface area contributed by atoms with Gasteiger partial charge in [0.1, 0.15) is 12.3 Å². The molecule has 102 valence electrons. The maximum absolute atomic E-state index is 11.4. The summed E-state index contributed by atoms with van der Waals surface area (Å²) in [5.74, 6) is 5.82. The van der Waals surface area contributed by atoms with Gasteiger partial charge in [-0.05, 0) is 17.6 Å². The minimum atomic E-state index is -0.433. The second-order valence-electron chi connectivity index (χ2n) is 4.01. The van der Waals surface area contributed by atoms with Gasteiger partial charge in [-0.15, -0.1) is 0 Å². The molecule has 2 rings (SSSR count). The lowest BCUT2D eigenvalue weighted by atomic mass is 10.2. The second kappa shape index (κ2) is 7.64. The Morgan fingerprint density at radius 2 is 2.15 bits per heavy atom. The van der Waals surface area contributed by atoms with E-state index >= 15 is 0 Å². The van der Waals surface area contributed by atoms with Crippen molar-refractivity contribution in [3.63, 3.8) is 0 Å². The van der Waals surface area contributed by atoms with Crippen molar-refractivity contribution in [2.45, 2.75) is 13.0 Å². The van der Waals surface area contributed by atoms with Crippen LogP contribution in [-0.4, -0.2) is 22.8 Å². The number of H-pyrrole nitrogens is 1. The van der Waals surface area contributed by atoms with Gasteiger partial charge >= 0.3 is 6.09 Å². The number of alkyl carbamates (subject to hydrolysis) is 1. The zero-order valence-corrected chi connectivity index (χ0v) is 10.9. The number of benzene rings is 1. The minimum Gasteiger partial charge on any atom is -0.445 e. The fourth-order valence-electron chi connectivity index (χ4n) is 1.48. The summed E-state index contributed by atoms with van der Waals surface area (Å²) in [6.45, 7) is 0.723. The number of nitrogens with one attached hydrogen (secondary N) is 2. The molecule has 0 bridgehead atoms. The highest BCUT2D eigenvalue weighted by Crippen LogP contribution is 2.00. The van der Waals surface area contributed by atoms with Crippen molar-refractivity contribution in [2.75, 3.05) is 6.54 Å². The third kappa shape index (κ3) is 4.86. The summed E-state index contributed by atoms with van der Waals surface area (Å²) < 4.78 is 5.07. The standard InChI is InChI=1S/C15H15N3O2/c19-15(20-12-13-6-2-1-3-7-13)16-10-5-4-8-14-9-11-17-18-14/h1-3,6-7,9,11H,5,10,12H2,(H,16,19)(H,17,18). The van der Waals surface area contributed by atoms with Gasteiger partial charge in [-0.2, -0.15) is 5.10 Å². The molecule has 1 heterocycles. The molecule has 0 aliphatic carbocycles. The van der Waals surface area contributed by atoms with Crippen molar-refractivity contribution in [1.82, 2.24) is 15.5 Å². The van der Waals surface area contributed by atoms with Crippen LogP contribution < -0.4 is 5.32 Å². The number of hydrogen-bond acceptors (Lipinski definition) is 3. The van der Waals surface area contributed by atoms with Crippen LogP contribution in [0.15, 0.2) is 42.6 Å². The summed E-state index contributed by atoms with van der Waals surface area (Å²) in [6, 6.07) is 11.3. The van der Waals surface area contributed by atoms with Crippen LogP contribution in [-0.2, 0) is 11.3 Å². The maximum atomic E-state index is 11.4. The van der Waals surface area contributed by atoms with Gasteiger partial charge in [-0.3, -0.25) is 5.10 Å². The van der Waals surface area contributed by atoms with E-state index < -0.39 is 6.09 Å². The fourth-order valence-corrected chi connectivity index (χ4v) is 1.48. The average molecular weight is 269 g/mol. The molecule has 1 aromatic carbocycles. The highest BCUT2D eigenvalue weighted by Gasteiger charge is 2.00. The Morgan fingerprint density at radius 1 is 1.30 bits per heavy atom. The molecule has 0 saturated carbocycles. The van der Waals surface area contributed by atoms with Crippen LogP contribution >= 0.6 is 0 Å². The Labute approximate surface area is 117 Å². The van der Waals surface area contributed by atoms with Gasteiger partial charge in [0.15, 0.2) is 0 Å². The molecule has 1 amide bonds. The molecule has 0 unspecified atom stereocenters. The molecule has 1 aromatic heterocycles. The molecule has 0 fully saturated rings. The minimum absolute atomic E-state index is 0.270. The highest BCUT2D eigenvalue weighted by molar-refractivity contribution is 5.67. The smallest absolute Gasteiger partial charge is 0.407 e. The third-order valence-corrected chi connectivity index (χ3v) is 2.46. The lowest BCUT2D eigenvalue weighted by Crippen LogP contribution is -2.24. The first-order valence-corrected chi connectivity index (χ1v) is 6.27. The normalized spacial score (nSPS) is 9.40. The van der Waals surface area contributed by atoms with Crippen molar-refractivity contribution in [1.29, 1.82) is 0 Å². The summed E-state index contributed by atoms with van der Waals surface area (Å²) in [6.07, 6.45) is 1.76. The third-order valence-electron chi connectivity index (χ3n) is 2.46. The number of aromatic nitrogens is 2. The van der Waals surface area contributed by atoms with Gasteiger partial charge in [-0.1, -0.05) is 36.3 Å². The molecule has 5 nitrogen and oxygen atoms in total. The summed E-state index contributed by atoms with van der Waals surface area (Å²) in [7, 11) is 0. The predicted octanol–water partition coefficient (Wildman–Crippen LogP) is 2.08. The van der Waals surface area contributed by atoms with Crippen LogP contribution in [0.4, 0.5) is 4.79 Å². The van der Waals surface area contributed by atoms with Gasteiger partial charge in [0, 0.05) is 19.2 Å². The van der Waals surface area contributed by atoms with E-state index in [0.29, 0.717) is 13.0 Å². The fraction of sp³-hybridized carbons (Fsp3) is 0.200. The quantitative estimate of drug-likeness (QED) is 0.659. The molecule has 0 aliphatic rings. The Balaban J connectivity index is 1.61. The number of carbonyl (C=O) groups is 1. The first-order valence-electron chi connectivity index (χ1n) is 6.27. The average Bonchev–Trinajstić information content (AvgIpc) is 2.99. The largest absolute Gasteiger partial charge is 0.445 e. The molecule has 0 aliphatic heterocycles. The van der Waals surface area contributed by atoms with Gasteiger partial charge < -0.3 is 10.1 Å². The van der Waals surface area contributed by atoms with E-state index in [2.05, 4.69) is 27.4 Å². The van der Waals surface area contributed by atoms with E-state index in [1.807, 2.05) is 30.3 Å². The van der Waals surface area contributed by atoms with Gasteiger partial charge in [0.05, 0.1) is 0 Å². The Morgan fingerprint density at radius 3 is 2.90 bits per heavy atom. The number of hydrogen-bond donors (Lipinski definition) is 2. The maximum Gasteiger partial charge on any atom is 0.407 e. The van der Waals surface area contributed by atoms with Crippen LogP contribution in [0.2, 0.25) is 0 Å². The van der Waals surface area contributed by atoms with Crippen LogP contribution in [0.25, 0.3) is 0 Å². The van der Waals surface area contributed by atoms with E-state index in [1.165, 1.54) is 0 Å². The van der Waals surface area contributed by atoms with E-state index in [9.17, 15) is 4.79 Å². The number of rotatable bonds is 4. The monoisotopic (exact) mass is 269 g/mol. The van der Waals surface area contributed by atoms with E-state index in [1.54, 1.807) is 12.3 Å². The molecular formula is C15H15N3O2. The van der Waals surface area contributed by atoms with E-state index in [4.69, 9.17) is 4.74 Å². The molecule has 0 saturated heterocycles. The van der Waals surface area contributed by atoms with Gasteiger partial charge in [-0.25, -0.2) is 4.79 Å². The Bertz CT molecular complexity index is 583. The zero-order valence-electron chi connectivity index (χ0n) is 10.9. The van der Waals surface area contributed by atoms with Crippen LogP contribution in [0, 0.1) is 11.8 Å². The summed E-state index contributed by atoms with van der Waals surface area (Å²) in [5, 5.41) is 9.17. The topological polar surface area (TPSA) is 67.0 Å². The molecule has 2 N–H and O–H groups in total. The number of carbonyl (C=O) groups excluding carboxylic acids is 1.